The molecule has 1 heterocycles. The first-order valence-electron chi connectivity index (χ1n) is 5.70. The van der Waals surface area contributed by atoms with Crippen LogP contribution in [0.15, 0.2) is 6.33 Å². The second kappa shape index (κ2) is 4.31. The first-order valence-corrected chi connectivity index (χ1v) is 5.70. The van der Waals surface area contributed by atoms with Crippen LogP contribution in [0.3, 0.4) is 0 Å². The van der Waals surface area contributed by atoms with E-state index >= 15 is 0 Å². The van der Waals surface area contributed by atoms with Crippen LogP contribution in [0, 0.1) is 11.8 Å². The van der Waals surface area contributed by atoms with Gasteiger partial charge in [0.05, 0.1) is 0 Å². The molecule has 0 bridgehead atoms. The number of rotatable bonds is 2. The molecular weight excluding hydrogens is 190 g/mol. The highest BCUT2D eigenvalue weighted by Crippen LogP contribution is 2.36. The Kier molecular flexibility index (Phi) is 3.05. The average molecular weight is 209 g/mol. The molecule has 2 rings (SSSR count). The molecule has 1 aromatic rings. The zero-order chi connectivity index (χ0) is 10.8. The van der Waals surface area contributed by atoms with E-state index in [1.54, 1.807) is 6.33 Å². The minimum Gasteiger partial charge on any atom is -0.388 e. The van der Waals surface area contributed by atoms with E-state index in [9.17, 15) is 0 Å². The lowest BCUT2D eigenvalue weighted by Gasteiger charge is -2.32. The van der Waals surface area contributed by atoms with Crippen LogP contribution in [0.5, 0.6) is 0 Å². The van der Waals surface area contributed by atoms with Crippen molar-refractivity contribution in [2.45, 2.75) is 45.8 Å². The fraction of sp³-hybridized carbons (Fsp3) is 0.818. The Balaban J connectivity index is 2.16. The van der Waals surface area contributed by atoms with Gasteiger partial charge in [0.1, 0.15) is 12.9 Å². The van der Waals surface area contributed by atoms with E-state index in [0.29, 0.717) is 11.9 Å². The zero-order valence-corrected chi connectivity index (χ0v) is 9.43. The van der Waals surface area contributed by atoms with Crippen molar-refractivity contribution >= 4 is 0 Å². The van der Waals surface area contributed by atoms with Gasteiger partial charge in [0.25, 0.3) is 0 Å². The summed E-state index contributed by atoms with van der Waals surface area (Å²) in [6, 6.07) is 0.473. The smallest absolute Gasteiger partial charge is 0.158 e. The lowest BCUT2D eigenvalue weighted by Crippen LogP contribution is -2.23. The molecule has 2 atom stereocenters. The van der Waals surface area contributed by atoms with Gasteiger partial charge in [-0.15, -0.1) is 10.2 Å². The predicted octanol–water partition coefficient (Wildman–Crippen LogP) is 1.77. The number of aliphatic hydroxyl groups is 1. The monoisotopic (exact) mass is 209 g/mol. The van der Waals surface area contributed by atoms with Crippen molar-refractivity contribution in [1.82, 2.24) is 14.8 Å². The van der Waals surface area contributed by atoms with Crippen LogP contribution in [0.4, 0.5) is 0 Å². The molecular formula is C11H19N3O. The summed E-state index contributed by atoms with van der Waals surface area (Å²) in [7, 11) is 0. The minimum atomic E-state index is -0.0146. The standard InChI is InChI=1S/C11H19N3O/c1-8-3-9(2)5-10(4-8)14-7-12-13-11(14)6-15/h7-10,15H,3-6H2,1-2H3. The van der Waals surface area contributed by atoms with Crippen LogP contribution in [0.2, 0.25) is 0 Å². The normalized spacial score (nSPS) is 31.8. The van der Waals surface area contributed by atoms with E-state index < -0.39 is 0 Å². The summed E-state index contributed by atoms with van der Waals surface area (Å²) in [5.74, 6) is 2.21. The molecule has 1 fully saturated rings. The number of aromatic nitrogens is 3. The molecule has 0 aliphatic heterocycles. The van der Waals surface area contributed by atoms with Crippen LogP contribution in [-0.2, 0) is 6.61 Å². The molecule has 4 nitrogen and oxygen atoms in total. The summed E-state index contributed by atoms with van der Waals surface area (Å²) in [4.78, 5) is 0. The summed E-state index contributed by atoms with van der Waals surface area (Å²) in [5, 5.41) is 16.9. The summed E-state index contributed by atoms with van der Waals surface area (Å²) in [6.07, 6.45) is 5.42. The predicted molar refractivity (Wildman–Crippen MR) is 57.2 cm³/mol. The molecule has 1 N–H and O–H groups in total. The van der Waals surface area contributed by atoms with E-state index in [1.165, 1.54) is 19.3 Å². The molecule has 1 aliphatic rings. The van der Waals surface area contributed by atoms with Gasteiger partial charge in [0.15, 0.2) is 5.82 Å². The van der Waals surface area contributed by atoms with Crippen molar-refractivity contribution in [3.63, 3.8) is 0 Å². The lowest BCUT2D eigenvalue weighted by molar-refractivity contribution is 0.203. The molecule has 1 saturated carbocycles. The highest BCUT2D eigenvalue weighted by atomic mass is 16.3. The van der Waals surface area contributed by atoms with Gasteiger partial charge in [-0.1, -0.05) is 13.8 Å². The largest absolute Gasteiger partial charge is 0.388 e. The van der Waals surface area contributed by atoms with E-state index in [-0.39, 0.29) is 6.61 Å². The maximum atomic E-state index is 9.15. The molecule has 4 heteroatoms. The SMILES string of the molecule is CC1CC(C)CC(n2cnnc2CO)C1. The second-order valence-corrected chi connectivity index (χ2v) is 4.88. The Morgan fingerprint density at radius 1 is 1.33 bits per heavy atom. The fourth-order valence-corrected chi connectivity index (χ4v) is 2.82. The van der Waals surface area contributed by atoms with Gasteiger partial charge in [-0.2, -0.15) is 0 Å². The Morgan fingerprint density at radius 2 is 2.00 bits per heavy atom. The summed E-state index contributed by atoms with van der Waals surface area (Å²) >= 11 is 0. The molecule has 84 valence electrons. The molecule has 0 aromatic carbocycles. The first kappa shape index (κ1) is 10.6. The fourth-order valence-electron chi connectivity index (χ4n) is 2.82. The van der Waals surface area contributed by atoms with E-state index in [4.69, 9.17) is 5.11 Å². The van der Waals surface area contributed by atoms with Crippen molar-refractivity contribution in [2.24, 2.45) is 11.8 Å². The van der Waals surface area contributed by atoms with Crippen LogP contribution < -0.4 is 0 Å². The Hall–Kier alpha value is -0.900. The van der Waals surface area contributed by atoms with Crippen molar-refractivity contribution in [1.29, 1.82) is 0 Å². The Bertz CT molecular complexity index is 313. The minimum absolute atomic E-state index is 0.0146. The maximum Gasteiger partial charge on any atom is 0.158 e. The molecule has 0 amide bonds. The molecule has 0 saturated heterocycles. The highest BCUT2D eigenvalue weighted by Gasteiger charge is 2.26. The van der Waals surface area contributed by atoms with Gasteiger partial charge < -0.3 is 9.67 Å². The lowest BCUT2D eigenvalue weighted by atomic mass is 9.80. The van der Waals surface area contributed by atoms with E-state index in [2.05, 4.69) is 24.0 Å². The van der Waals surface area contributed by atoms with Crippen LogP contribution >= 0.6 is 0 Å². The molecule has 0 spiro atoms. The maximum absolute atomic E-state index is 9.15. The number of hydrogen-bond acceptors (Lipinski definition) is 3. The molecule has 15 heavy (non-hydrogen) atoms. The van der Waals surface area contributed by atoms with E-state index in [0.717, 1.165) is 11.8 Å². The molecule has 1 aromatic heterocycles. The van der Waals surface area contributed by atoms with Crippen molar-refractivity contribution in [3.8, 4) is 0 Å². The van der Waals surface area contributed by atoms with Gasteiger partial charge >= 0.3 is 0 Å². The summed E-state index contributed by atoms with van der Waals surface area (Å²) in [6.45, 7) is 4.58. The third kappa shape index (κ3) is 2.20. The quantitative estimate of drug-likeness (QED) is 0.807. The van der Waals surface area contributed by atoms with Crippen molar-refractivity contribution in [2.75, 3.05) is 0 Å². The average Bonchev–Trinajstić information content (AvgIpc) is 2.63. The highest BCUT2D eigenvalue weighted by molar-refractivity contribution is 4.90. The molecule has 0 radical (unpaired) electrons. The van der Waals surface area contributed by atoms with Gasteiger partial charge in [-0.25, -0.2) is 0 Å². The first-order chi connectivity index (χ1) is 7.20. The summed E-state index contributed by atoms with van der Waals surface area (Å²) < 4.78 is 2.05. The van der Waals surface area contributed by atoms with Gasteiger partial charge in [0, 0.05) is 6.04 Å². The van der Waals surface area contributed by atoms with Crippen molar-refractivity contribution in [3.05, 3.63) is 12.2 Å². The summed E-state index contributed by atoms with van der Waals surface area (Å²) in [5.41, 5.74) is 0. The zero-order valence-electron chi connectivity index (χ0n) is 9.43. The number of aliphatic hydroxyl groups excluding tert-OH is 1. The second-order valence-electron chi connectivity index (χ2n) is 4.88. The van der Waals surface area contributed by atoms with Gasteiger partial charge in [0.2, 0.25) is 0 Å². The Labute approximate surface area is 90.3 Å². The third-order valence-corrected chi connectivity index (χ3v) is 3.34. The van der Waals surface area contributed by atoms with Crippen LogP contribution in [0.1, 0.15) is 45.0 Å². The topological polar surface area (TPSA) is 50.9 Å². The number of hydrogen-bond donors (Lipinski definition) is 1. The third-order valence-electron chi connectivity index (χ3n) is 3.34. The van der Waals surface area contributed by atoms with Gasteiger partial charge in [-0.05, 0) is 31.1 Å². The number of nitrogens with zero attached hydrogens (tertiary/aromatic N) is 3. The van der Waals surface area contributed by atoms with Crippen molar-refractivity contribution < 1.29 is 5.11 Å². The van der Waals surface area contributed by atoms with Gasteiger partial charge in [-0.3, -0.25) is 0 Å². The molecule has 2 unspecified atom stereocenters. The van der Waals surface area contributed by atoms with Crippen LogP contribution in [0.25, 0.3) is 0 Å². The van der Waals surface area contributed by atoms with E-state index in [1.807, 2.05) is 4.57 Å². The van der Waals surface area contributed by atoms with Crippen LogP contribution in [-0.4, -0.2) is 19.9 Å². The Morgan fingerprint density at radius 3 is 2.60 bits per heavy atom. The molecule has 1 aliphatic carbocycles.